The number of fused-ring (bicyclic) bond motifs is 5. The van der Waals surface area contributed by atoms with Crippen LogP contribution in [0.1, 0.15) is 69.2 Å². The minimum Gasteiger partial charge on any atom is -0.294 e. The highest BCUT2D eigenvalue weighted by Crippen LogP contribution is 2.70. The number of nitrogens with one attached hydrogen (secondary N) is 1. The molecule has 1 nitrogen and oxygen atoms in total. The molecule has 0 spiro atoms. The van der Waals surface area contributed by atoms with Crippen LogP contribution in [0.2, 0.25) is 0 Å². The van der Waals surface area contributed by atoms with Gasteiger partial charge < -0.3 is 0 Å². The van der Waals surface area contributed by atoms with Crippen LogP contribution in [0.5, 0.6) is 0 Å². The molecule has 130 valence electrons. The Hall–Kier alpha value is -1.60. The highest BCUT2D eigenvalue weighted by molar-refractivity contribution is 5.60. The van der Waals surface area contributed by atoms with Crippen molar-refractivity contribution in [3.63, 3.8) is 0 Å². The third-order valence-corrected chi connectivity index (χ3v) is 7.72. The summed E-state index contributed by atoms with van der Waals surface area (Å²) in [5.74, 6) is 1.47. The van der Waals surface area contributed by atoms with Gasteiger partial charge in [-0.2, -0.15) is 0 Å². The SMILES string of the molecule is CCC(C)CC12CC1C1(C)NC(C)(c3ccccc32)c2ccccc21. The second kappa shape index (κ2) is 4.76. The molecule has 1 saturated carbocycles. The van der Waals surface area contributed by atoms with Gasteiger partial charge in [-0.3, -0.25) is 5.32 Å². The molecule has 1 aliphatic heterocycles. The second-order valence-corrected chi connectivity index (χ2v) is 9.17. The first kappa shape index (κ1) is 15.6. The van der Waals surface area contributed by atoms with Gasteiger partial charge in [0.1, 0.15) is 0 Å². The lowest BCUT2D eigenvalue weighted by atomic mass is 9.71. The highest BCUT2D eigenvalue weighted by atomic mass is 15.1. The first-order valence-electron chi connectivity index (χ1n) is 9.95. The summed E-state index contributed by atoms with van der Waals surface area (Å²) in [6, 6.07) is 18.4. The number of rotatable bonds is 3. The second-order valence-electron chi connectivity index (χ2n) is 9.17. The topological polar surface area (TPSA) is 12.0 Å². The highest BCUT2D eigenvalue weighted by Gasteiger charge is 2.69. The zero-order chi connectivity index (χ0) is 17.4. The number of benzene rings is 2. The molecule has 5 rings (SSSR count). The van der Waals surface area contributed by atoms with Crippen molar-refractivity contribution in [3.05, 3.63) is 70.8 Å². The first-order chi connectivity index (χ1) is 12.0. The van der Waals surface area contributed by atoms with E-state index in [0.29, 0.717) is 11.3 Å². The van der Waals surface area contributed by atoms with Crippen LogP contribution in [-0.4, -0.2) is 0 Å². The molecule has 3 aliphatic rings. The van der Waals surface area contributed by atoms with Gasteiger partial charge in [0.15, 0.2) is 0 Å². The van der Waals surface area contributed by atoms with Crippen molar-refractivity contribution in [3.8, 4) is 0 Å². The zero-order valence-corrected chi connectivity index (χ0v) is 15.9. The molecular formula is C24H29N. The van der Waals surface area contributed by atoms with Crippen LogP contribution < -0.4 is 5.32 Å². The van der Waals surface area contributed by atoms with Gasteiger partial charge in [-0.1, -0.05) is 68.8 Å². The van der Waals surface area contributed by atoms with Crippen LogP contribution in [0, 0.1) is 11.8 Å². The summed E-state index contributed by atoms with van der Waals surface area (Å²) in [6.45, 7) is 9.63. The minimum atomic E-state index is -0.0716. The van der Waals surface area contributed by atoms with E-state index in [1.54, 1.807) is 5.56 Å². The predicted molar refractivity (Wildman–Crippen MR) is 104 cm³/mol. The summed E-state index contributed by atoms with van der Waals surface area (Å²) in [5, 5.41) is 4.13. The van der Waals surface area contributed by atoms with E-state index < -0.39 is 0 Å². The molecule has 5 unspecified atom stereocenters. The first-order valence-corrected chi connectivity index (χ1v) is 9.95. The van der Waals surface area contributed by atoms with Gasteiger partial charge in [0, 0.05) is 11.0 Å². The monoisotopic (exact) mass is 331 g/mol. The van der Waals surface area contributed by atoms with Gasteiger partial charge in [0.2, 0.25) is 0 Å². The van der Waals surface area contributed by atoms with Gasteiger partial charge in [-0.15, -0.1) is 0 Å². The van der Waals surface area contributed by atoms with Crippen LogP contribution in [-0.2, 0) is 16.5 Å². The van der Waals surface area contributed by atoms with E-state index in [0.717, 1.165) is 5.92 Å². The van der Waals surface area contributed by atoms with E-state index in [1.165, 1.54) is 36.0 Å². The van der Waals surface area contributed by atoms with Gasteiger partial charge in [0.05, 0.1) is 5.54 Å². The molecule has 1 heteroatoms. The fraction of sp³-hybridized carbons (Fsp3) is 0.500. The molecule has 2 aromatic rings. The summed E-state index contributed by atoms with van der Waals surface area (Å²) in [7, 11) is 0. The molecule has 0 aromatic heterocycles. The molecule has 2 aliphatic carbocycles. The predicted octanol–water partition coefficient (Wildman–Crippen LogP) is 5.48. The fourth-order valence-electron chi connectivity index (χ4n) is 6.33. The van der Waals surface area contributed by atoms with E-state index in [1.807, 2.05) is 0 Å². The van der Waals surface area contributed by atoms with Gasteiger partial charge >= 0.3 is 0 Å². The molecule has 0 amide bonds. The molecule has 25 heavy (non-hydrogen) atoms. The van der Waals surface area contributed by atoms with Crippen LogP contribution in [0.25, 0.3) is 0 Å². The van der Waals surface area contributed by atoms with Crippen LogP contribution in [0.15, 0.2) is 48.5 Å². The third-order valence-electron chi connectivity index (χ3n) is 7.72. The average Bonchev–Trinajstić information content (AvgIpc) is 3.32. The van der Waals surface area contributed by atoms with Crippen molar-refractivity contribution in [2.45, 2.75) is 63.5 Å². The Morgan fingerprint density at radius 1 is 0.960 bits per heavy atom. The maximum atomic E-state index is 4.13. The lowest BCUT2D eigenvalue weighted by Gasteiger charge is -2.32. The molecule has 5 atom stereocenters. The minimum absolute atomic E-state index is 0.0716. The third kappa shape index (κ3) is 1.78. The molecule has 1 fully saturated rings. The Morgan fingerprint density at radius 3 is 2.16 bits per heavy atom. The van der Waals surface area contributed by atoms with Crippen molar-refractivity contribution in [2.75, 3.05) is 0 Å². The quantitative estimate of drug-likeness (QED) is 0.785. The standard InChI is InChI=1S/C24H29N/c1-5-16(2)14-24-15-21(24)23(4)18-11-7-6-10-17(18)22(3,25-23)19-12-8-9-13-20(19)24/h6-13,16,21,25H,5,14-15H2,1-4H3. The Morgan fingerprint density at radius 2 is 1.52 bits per heavy atom. The largest absolute Gasteiger partial charge is 0.294 e. The molecule has 2 bridgehead atoms. The Labute approximate surface area is 151 Å². The zero-order valence-electron chi connectivity index (χ0n) is 15.9. The summed E-state index contributed by atoms with van der Waals surface area (Å²) < 4.78 is 0. The van der Waals surface area contributed by atoms with Gasteiger partial charge in [0.25, 0.3) is 0 Å². The van der Waals surface area contributed by atoms with Crippen molar-refractivity contribution in [1.82, 2.24) is 5.32 Å². The van der Waals surface area contributed by atoms with Crippen molar-refractivity contribution in [1.29, 1.82) is 0 Å². The maximum absolute atomic E-state index is 4.13. The molecular weight excluding hydrogens is 302 g/mol. The van der Waals surface area contributed by atoms with Crippen molar-refractivity contribution in [2.24, 2.45) is 11.8 Å². The van der Waals surface area contributed by atoms with E-state index in [4.69, 9.17) is 0 Å². The van der Waals surface area contributed by atoms with Crippen molar-refractivity contribution >= 4 is 0 Å². The molecule has 0 saturated heterocycles. The lowest BCUT2D eigenvalue weighted by Crippen LogP contribution is -2.45. The van der Waals surface area contributed by atoms with Crippen LogP contribution in [0.4, 0.5) is 0 Å². The summed E-state index contributed by atoms with van der Waals surface area (Å²) in [5.41, 5.74) is 6.51. The molecule has 1 heterocycles. The van der Waals surface area contributed by atoms with Gasteiger partial charge in [-0.05, 0) is 60.8 Å². The van der Waals surface area contributed by atoms with Crippen LogP contribution in [0.3, 0.4) is 0 Å². The summed E-state index contributed by atoms with van der Waals surface area (Å²) in [6.07, 6.45) is 3.91. The van der Waals surface area contributed by atoms with E-state index >= 15 is 0 Å². The van der Waals surface area contributed by atoms with Gasteiger partial charge in [-0.25, -0.2) is 0 Å². The van der Waals surface area contributed by atoms with E-state index in [-0.39, 0.29) is 11.1 Å². The summed E-state index contributed by atoms with van der Waals surface area (Å²) in [4.78, 5) is 0. The van der Waals surface area contributed by atoms with Crippen LogP contribution >= 0.6 is 0 Å². The Bertz CT molecular complexity index is 855. The smallest absolute Gasteiger partial charge is 0.0675 e. The van der Waals surface area contributed by atoms with E-state index in [9.17, 15) is 0 Å². The lowest BCUT2D eigenvalue weighted by molar-refractivity contribution is 0.266. The average molecular weight is 332 g/mol. The Kier molecular flexibility index (Phi) is 2.98. The summed E-state index contributed by atoms with van der Waals surface area (Å²) >= 11 is 0. The van der Waals surface area contributed by atoms with Crippen molar-refractivity contribution < 1.29 is 0 Å². The normalized spacial score (nSPS) is 38.3. The maximum Gasteiger partial charge on any atom is 0.0675 e. The Balaban J connectivity index is 1.79. The molecule has 0 radical (unpaired) electrons. The number of hydrogen-bond acceptors (Lipinski definition) is 1. The van der Waals surface area contributed by atoms with E-state index in [2.05, 4.69) is 81.5 Å². The molecule has 1 N–H and O–H groups in total. The fourth-order valence-corrected chi connectivity index (χ4v) is 6.33. The number of hydrogen-bond donors (Lipinski definition) is 1. The molecule has 2 aromatic carbocycles.